The Morgan fingerprint density at radius 3 is 2.53 bits per heavy atom. The molecule has 7 heteroatoms. The highest BCUT2D eigenvalue weighted by Gasteiger charge is 2.30. The Kier molecular flexibility index (Phi) is 4.80. The summed E-state index contributed by atoms with van der Waals surface area (Å²) in [7, 11) is 0. The van der Waals surface area contributed by atoms with E-state index in [0.717, 1.165) is 42.0 Å². The molecular formula is C23H23N5O2. The first-order valence-corrected chi connectivity index (χ1v) is 10.2. The van der Waals surface area contributed by atoms with Crippen LogP contribution in [0.3, 0.4) is 0 Å². The van der Waals surface area contributed by atoms with E-state index in [0.29, 0.717) is 18.3 Å². The van der Waals surface area contributed by atoms with Gasteiger partial charge in [-0.25, -0.2) is 14.9 Å². The van der Waals surface area contributed by atoms with Gasteiger partial charge in [-0.05, 0) is 49.6 Å². The summed E-state index contributed by atoms with van der Waals surface area (Å²) >= 11 is 0. The fourth-order valence-electron chi connectivity index (χ4n) is 4.09. The van der Waals surface area contributed by atoms with Crippen LogP contribution in [0.15, 0.2) is 63.8 Å². The summed E-state index contributed by atoms with van der Waals surface area (Å²) in [4.78, 5) is 21.3. The van der Waals surface area contributed by atoms with Crippen LogP contribution in [0, 0.1) is 6.92 Å². The minimum Gasteiger partial charge on any atom is -0.441 e. The lowest BCUT2D eigenvalue weighted by Crippen LogP contribution is -2.24. The molecule has 2 aromatic carbocycles. The Hall–Kier alpha value is -3.45. The second-order valence-electron chi connectivity index (χ2n) is 7.66. The zero-order chi connectivity index (χ0) is 20.5. The van der Waals surface area contributed by atoms with E-state index in [4.69, 9.17) is 9.40 Å². The van der Waals surface area contributed by atoms with Crippen LogP contribution in [0.25, 0.3) is 22.6 Å². The molecule has 1 aliphatic rings. The van der Waals surface area contributed by atoms with Crippen molar-refractivity contribution in [1.82, 2.24) is 25.1 Å². The largest absolute Gasteiger partial charge is 0.441 e. The Morgan fingerprint density at radius 1 is 1.07 bits per heavy atom. The molecule has 0 amide bonds. The molecule has 152 valence electrons. The van der Waals surface area contributed by atoms with Gasteiger partial charge in [0.15, 0.2) is 0 Å². The summed E-state index contributed by atoms with van der Waals surface area (Å²) in [6, 6.07) is 18.7. The van der Waals surface area contributed by atoms with Gasteiger partial charge in [-0.3, -0.25) is 9.88 Å². The number of nitrogens with zero attached hydrogens (tertiary/aromatic N) is 3. The third-order valence-electron chi connectivity index (χ3n) is 5.68. The fraction of sp³-hybridized carbons (Fsp3) is 0.261. The molecule has 5 rings (SSSR count). The second kappa shape index (κ2) is 7.76. The molecule has 0 unspecified atom stereocenters. The number of nitrogens with one attached hydrogen (secondary N) is 2. The van der Waals surface area contributed by atoms with Crippen LogP contribution in [0.1, 0.15) is 36.2 Å². The van der Waals surface area contributed by atoms with Gasteiger partial charge in [0.25, 0.3) is 0 Å². The molecule has 0 spiro atoms. The summed E-state index contributed by atoms with van der Waals surface area (Å²) < 4.78 is 5.98. The predicted molar refractivity (Wildman–Crippen MR) is 114 cm³/mol. The fourth-order valence-corrected chi connectivity index (χ4v) is 4.09. The topological polar surface area (TPSA) is 90.8 Å². The standard InChI is InChI=1S/C23H23N5O2/c1-15-19(14-28-13-5-8-20(28)21-25-23(29)27-26-21)24-22(30-15)18-11-9-17(10-12-18)16-6-3-2-4-7-16/h2-4,6-7,9-12,20H,5,8,13-14H2,1H3,(H2,25,26,27,29)/t20-/m0/s1. The van der Waals surface area contributed by atoms with Gasteiger partial charge in [-0.15, -0.1) is 0 Å². The number of aryl methyl sites for hydroxylation is 1. The van der Waals surface area contributed by atoms with E-state index in [1.54, 1.807) is 0 Å². The van der Waals surface area contributed by atoms with Crippen molar-refractivity contribution < 1.29 is 4.42 Å². The van der Waals surface area contributed by atoms with Crippen molar-refractivity contribution in [2.24, 2.45) is 0 Å². The maximum atomic E-state index is 11.4. The minimum atomic E-state index is -0.268. The highest BCUT2D eigenvalue weighted by atomic mass is 16.4. The molecule has 30 heavy (non-hydrogen) atoms. The van der Waals surface area contributed by atoms with Gasteiger partial charge in [0.2, 0.25) is 5.89 Å². The summed E-state index contributed by atoms with van der Waals surface area (Å²) in [5.41, 5.74) is 3.96. The van der Waals surface area contributed by atoms with Gasteiger partial charge in [0, 0.05) is 12.1 Å². The number of hydrogen-bond donors (Lipinski definition) is 2. The predicted octanol–water partition coefficient (Wildman–Crippen LogP) is 4.07. The van der Waals surface area contributed by atoms with E-state index in [2.05, 4.69) is 44.3 Å². The van der Waals surface area contributed by atoms with Gasteiger partial charge < -0.3 is 4.42 Å². The lowest BCUT2D eigenvalue weighted by Gasteiger charge is -2.21. The molecule has 3 heterocycles. The molecule has 0 saturated carbocycles. The molecular weight excluding hydrogens is 378 g/mol. The van der Waals surface area contributed by atoms with Crippen LogP contribution >= 0.6 is 0 Å². The van der Waals surface area contributed by atoms with Gasteiger partial charge in [0.05, 0.1) is 11.7 Å². The van der Waals surface area contributed by atoms with Crippen molar-refractivity contribution in [1.29, 1.82) is 0 Å². The van der Waals surface area contributed by atoms with Gasteiger partial charge in [-0.2, -0.15) is 5.10 Å². The van der Waals surface area contributed by atoms with Crippen LogP contribution in [0.2, 0.25) is 0 Å². The summed E-state index contributed by atoms with van der Waals surface area (Å²) in [6.45, 7) is 3.55. The Bertz CT molecular complexity index is 1190. The van der Waals surface area contributed by atoms with E-state index >= 15 is 0 Å². The van der Waals surface area contributed by atoms with Crippen LogP contribution in [0.4, 0.5) is 0 Å². The van der Waals surface area contributed by atoms with Gasteiger partial charge in [-0.1, -0.05) is 42.5 Å². The van der Waals surface area contributed by atoms with E-state index in [-0.39, 0.29) is 11.7 Å². The molecule has 0 aliphatic carbocycles. The Morgan fingerprint density at radius 2 is 1.80 bits per heavy atom. The molecule has 2 aromatic heterocycles. The first-order chi connectivity index (χ1) is 14.7. The third kappa shape index (κ3) is 3.59. The SMILES string of the molecule is Cc1oc(-c2ccc(-c3ccccc3)cc2)nc1CN1CCC[C@H]1c1n[nH]c(=O)[nH]1. The van der Waals surface area contributed by atoms with Crippen LogP contribution in [-0.2, 0) is 6.54 Å². The first-order valence-electron chi connectivity index (χ1n) is 10.2. The molecule has 1 aliphatic heterocycles. The quantitative estimate of drug-likeness (QED) is 0.526. The molecule has 4 aromatic rings. The smallest absolute Gasteiger partial charge is 0.340 e. The number of rotatable bonds is 5. The van der Waals surface area contributed by atoms with Crippen molar-refractivity contribution in [2.45, 2.75) is 32.4 Å². The molecule has 2 N–H and O–H groups in total. The molecule has 1 atom stereocenters. The van der Waals surface area contributed by atoms with E-state index in [1.165, 1.54) is 5.56 Å². The number of likely N-dealkylation sites (tertiary alicyclic amines) is 1. The molecule has 7 nitrogen and oxygen atoms in total. The van der Waals surface area contributed by atoms with Crippen molar-refractivity contribution >= 4 is 0 Å². The second-order valence-corrected chi connectivity index (χ2v) is 7.66. The van der Waals surface area contributed by atoms with E-state index in [1.807, 2.05) is 37.3 Å². The van der Waals surface area contributed by atoms with Crippen LogP contribution in [-0.4, -0.2) is 31.6 Å². The first kappa shape index (κ1) is 18.6. The zero-order valence-corrected chi connectivity index (χ0v) is 16.8. The summed E-state index contributed by atoms with van der Waals surface area (Å²) in [5, 5.41) is 6.58. The highest BCUT2D eigenvalue weighted by Crippen LogP contribution is 2.32. The van der Waals surface area contributed by atoms with Crippen LogP contribution < -0.4 is 5.69 Å². The van der Waals surface area contributed by atoms with Gasteiger partial charge >= 0.3 is 5.69 Å². The monoisotopic (exact) mass is 401 g/mol. The molecule has 1 fully saturated rings. The molecule has 0 bridgehead atoms. The van der Waals surface area contributed by atoms with Gasteiger partial charge in [0.1, 0.15) is 11.6 Å². The van der Waals surface area contributed by atoms with E-state index in [9.17, 15) is 4.79 Å². The maximum Gasteiger partial charge on any atom is 0.340 e. The van der Waals surface area contributed by atoms with Crippen molar-refractivity contribution in [3.63, 3.8) is 0 Å². The molecule has 0 radical (unpaired) electrons. The number of H-pyrrole nitrogens is 2. The Labute approximate surface area is 173 Å². The average molecular weight is 401 g/mol. The number of hydrogen-bond acceptors (Lipinski definition) is 5. The Balaban J connectivity index is 1.35. The summed E-state index contributed by atoms with van der Waals surface area (Å²) in [6.07, 6.45) is 2.02. The lowest BCUT2D eigenvalue weighted by molar-refractivity contribution is 0.236. The minimum absolute atomic E-state index is 0.0913. The maximum absolute atomic E-state index is 11.4. The highest BCUT2D eigenvalue weighted by molar-refractivity contribution is 5.67. The normalized spacial score (nSPS) is 16.9. The van der Waals surface area contributed by atoms with Crippen molar-refractivity contribution in [3.05, 3.63) is 82.4 Å². The van der Waals surface area contributed by atoms with Crippen molar-refractivity contribution in [3.8, 4) is 22.6 Å². The number of aromatic nitrogens is 4. The van der Waals surface area contributed by atoms with Crippen LogP contribution in [0.5, 0.6) is 0 Å². The van der Waals surface area contributed by atoms with Crippen molar-refractivity contribution in [2.75, 3.05) is 6.54 Å². The van der Waals surface area contributed by atoms with E-state index < -0.39 is 0 Å². The summed E-state index contributed by atoms with van der Waals surface area (Å²) in [5.74, 6) is 2.14. The number of benzene rings is 2. The molecule has 1 saturated heterocycles. The average Bonchev–Trinajstić information content (AvgIpc) is 3.50. The number of aromatic amines is 2. The lowest BCUT2D eigenvalue weighted by atomic mass is 10.0. The zero-order valence-electron chi connectivity index (χ0n) is 16.8. The number of oxazole rings is 1. The third-order valence-corrected chi connectivity index (χ3v) is 5.68.